The van der Waals surface area contributed by atoms with E-state index in [1.165, 1.54) is 0 Å². The third-order valence-corrected chi connectivity index (χ3v) is 2.87. The highest BCUT2D eigenvalue weighted by molar-refractivity contribution is 6.17. The number of nitrogens with one attached hydrogen (secondary N) is 1. The molecule has 0 aliphatic carbocycles. The molecule has 0 aliphatic rings. The quantitative estimate of drug-likeness (QED) is 0.643. The van der Waals surface area contributed by atoms with Gasteiger partial charge in [0.05, 0.1) is 12.1 Å². The molecule has 4 heteroatoms. The molecule has 0 heterocycles. The number of aliphatic hydroxyl groups excluding tert-OH is 1. The van der Waals surface area contributed by atoms with Crippen molar-refractivity contribution in [1.82, 2.24) is 5.32 Å². The molecule has 0 unspecified atom stereocenters. The second-order valence-corrected chi connectivity index (χ2v) is 3.86. The van der Waals surface area contributed by atoms with E-state index in [-0.39, 0.29) is 12.5 Å². The standard InChI is InChI=1S/C10H20ClNO2/c1-3-10(4-2,8-13)12-9(14)6-5-7-11/h13H,3-8H2,1-2H3,(H,12,14). The number of rotatable bonds is 7. The fourth-order valence-electron chi connectivity index (χ4n) is 1.28. The average Bonchev–Trinajstić information content (AvgIpc) is 2.23. The largest absolute Gasteiger partial charge is 0.394 e. The summed E-state index contributed by atoms with van der Waals surface area (Å²) in [7, 11) is 0. The summed E-state index contributed by atoms with van der Waals surface area (Å²) in [6.07, 6.45) is 2.60. The monoisotopic (exact) mass is 221 g/mol. The van der Waals surface area contributed by atoms with Crippen molar-refractivity contribution >= 4 is 17.5 Å². The number of alkyl halides is 1. The number of hydrogen-bond donors (Lipinski definition) is 2. The molecule has 0 aromatic rings. The van der Waals surface area contributed by atoms with E-state index in [2.05, 4.69) is 5.32 Å². The summed E-state index contributed by atoms with van der Waals surface area (Å²) in [5, 5.41) is 12.1. The molecule has 0 atom stereocenters. The van der Waals surface area contributed by atoms with Crippen LogP contribution in [0.5, 0.6) is 0 Å². The van der Waals surface area contributed by atoms with Gasteiger partial charge in [0.15, 0.2) is 0 Å². The third-order valence-electron chi connectivity index (χ3n) is 2.60. The Kier molecular flexibility index (Phi) is 6.93. The summed E-state index contributed by atoms with van der Waals surface area (Å²) in [4.78, 5) is 11.4. The summed E-state index contributed by atoms with van der Waals surface area (Å²) in [5.74, 6) is 0.473. The van der Waals surface area contributed by atoms with Crippen LogP contribution >= 0.6 is 11.6 Å². The molecule has 0 aliphatic heterocycles. The van der Waals surface area contributed by atoms with Crippen LogP contribution in [0.2, 0.25) is 0 Å². The molecule has 14 heavy (non-hydrogen) atoms. The lowest BCUT2D eigenvalue weighted by molar-refractivity contribution is -0.123. The van der Waals surface area contributed by atoms with Crippen LogP contribution in [-0.2, 0) is 4.79 Å². The molecule has 0 radical (unpaired) electrons. The molecular weight excluding hydrogens is 202 g/mol. The van der Waals surface area contributed by atoms with Gasteiger partial charge in [0.25, 0.3) is 0 Å². The van der Waals surface area contributed by atoms with Crippen molar-refractivity contribution in [3.63, 3.8) is 0 Å². The predicted octanol–water partition coefficient (Wildman–Crippen LogP) is 1.67. The van der Waals surface area contributed by atoms with Gasteiger partial charge in [0, 0.05) is 12.3 Å². The lowest BCUT2D eigenvalue weighted by Gasteiger charge is -2.30. The molecule has 0 saturated heterocycles. The van der Waals surface area contributed by atoms with Gasteiger partial charge in [-0.15, -0.1) is 11.6 Å². The van der Waals surface area contributed by atoms with Crippen molar-refractivity contribution in [2.45, 2.75) is 45.1 Å². The molecule has 1 amide bonds. The van der Waals surface area contributed by atoms with Gasteiger partial charge in [-0.2, -0.15) is 0 Å². The van der Waals surface area contributed by atoms with E-state index < -0.39 is 5.54 Å². The first kappa shape index (κ1) is 13.7. The molecule has 0 bridgehead atoms. The summed E-state index contributed by atoms with van der Waals surface area (Å²) in [5.41, 5.74) is -0.441. The molecule has 0 saturated carbocycles. The fraction of sp³-hybridized carbons (Fsp3) is 0.900. The predicted molar refractivity (Wildman–Crippen MR) is 58.5 cm³/mol. The second-order valence-electron chi connectivity index (χ2n) is 3.49. The minimum absolute atomic E-state index is 0.00733. The van der Waals surface area contributed by atoms with Crippen molar-refractivity contribution in [3.05, 3.63) is 0 Å². The Balaban J connectivity index is 4.08. The SMILES string of the molecule is CCC(CC)(CO)NC(=O)CCCCl. The van der Waals surface area contributed by atoms with Gasteiger partial charge in [-0.05, 0) is 19.3 Å². The maximum atomic E-state index is 11.4. The molecule has 0 aromatic heterocycles. The number of amides is 1. The van der Waals surface area contributed by atoms with Crippen LogP contribution in [0, 0.1) is 0 Å². The Labute approximate surface area is 90.8 Å². The normalized spacial score (nSPS) is 11.4. The van der Waals surface area contributed by atoms with Gasteiger partial charge in [-0.25, -0.2) is 0 Å². The van der Waals surface area contributed by atoms with Crippen molar-refractivity contribution < 1.29 is 9.90 Å². The van der Waals surface area contributed by atoms with E-state index in [0.29, 0.717) is 18.7 Å². The van der Waals surface area contributed by atoms with Crippen LogP contribution in [0.25, 0.3) is 0 Å². The Morgan fingerprint density at radius 3 is 2.36 bits per heavy atom. The molecule has 0 rings (SSSR count). The molecule has 0 fully saturated rings. The van der Waals surface area contributed by atoms with Crippen molar-refractivity contribution in [3.8, 4) is 0 Å². The molecule has 84 valence electrons. The van der Waals surface area contributed by atoms with Crippen LogP contribution in [0.1, 0.15) is 39.5 Å². The number of carbonyl (C=O) groups is 1. The highest BCUT2D eigenvalue weighted by Gasteiger charge is 2.26. The van der Waals surface area contributed by atoms with Gasteiger partial charge >= 0.3 is 0 Å². The zero-order valence-electron chi connectivity index (χ0n) is 8.98. The van der Waals surface area contributed by atoms with Gasteiger partial charge in [0.2, 0.25) is 5.91 Å². The maximum absolute atomic E-state index is 11.4. The van der Waals surface area contributed by atoms with E-state index in [9.17, 15) is 9.90 Å². The molecule has 0 spiro atoms. The van der Waals surface area contributed by atoms with Crippen LogP contribution in [0.3, 0.4) is 0 Å². The van der Waals surface area contributed by atoms with Gasteiger partial charge in [-0.1, -0.05) is 13.8 Å². The number of aliphatic hydroxyl groups is 1. The summed E-state index contributed by atoms with van der Waals surface area (Å²) in [6.45, 7) is 3.91. The Hall–Kier alpha value is -0.280. The average molecular weight is 222 g/mol. The smallest absolute Gasteiger partial charge is 0.220 e. The summed E-state index contributed by atoms with van der Waals surface area (Å²) < 4.78 is 0. The van der Waals surface area contributed by atoms with E-state index in [1.54, 1.807) is 0 Å². The first-order chi connectivity index (χ1) is 6.64. The fourth-order valence-corrected chi connectivity index (χ4v) is 1.41. The summed E-state index contributed by atoms with van der Waals surface area (Å²) >= 11 is 5.49. The second kappa shape index (κ2) is 7.07. The Bertz CT molecular complexity index is 161. The molecule has 2 N–H and O–H groups in total. The highest BCUT2D eigenvalue weighted by Crippen LogP contribution is 2.14. The first-order valence-corrected chi connectivity index (χ1v) is 5.65. The zero-order valence-corrected chi connectivity index (χ0v) is 9.73. The van der Waals surface area contributed by atoms with Crippen LogP contribution in [0.15, 0.2) is 0 Å². The number of halogens is 1. The van der Waals surface area contributed by atoms with Gasteiger partial charge in [-0.3, -0.25) is 4.79 Å². The minimum atomic E-state index is -0.441. The van der Waals surface area contributed by atoms with Crippen molar-refractivity contribution in [2.75, 3.05) is 12.5 Å². The number of hydrogen-bond acceptors (Lipinski definition) is 2. The van der Waals surface area contributed by atoms with E-state index in [1.807, 2.05) is 13.8 Å². The Morgan fingerprint density at radius 1 is 1.43 bits per heavy atom. The van der Waals surface area contributed by atoms with Crippen molar-refractivity contribution in [1.29, 1.82) is 0 Å². The van der Waals surface area contributed by atoms with E-state index in [0.717, 1.165) is 12.8 Å². The first-order valence-electron chi connectivity index (χ1n) is 5.12. The lowest BCUT2D eigenvalue weighted by atomic mass is 9.93. The van der Waals surface area contributed by atoms with Gasteiger partial charge in [0.1, 0.15) is 0 Å². The van der Waals surface area contributed by atoms with Gasteiger partial charge < -0.3 is 10.4 Å². The van der Waals surface area contributed by atoms with Crippen LogP contribution in [-0.4, -0.2) is 29.0 Å². The minimum Gasteiger partial charge on any atom is -0.394 e. The maximum Gasteiger partial charge on any atom is 0.220 e. The van der Waals surface area contributed by atoms with E-state index in [4.69, 9.17) is 11.6 Å². The topological polar surface area (TPSA) is 49.3 Å². The molecule has 3 nitrogen and oxygen atoms in total. The van der Waals surface area contributed by atoms with Crippen molar-refractivity contribution in [2.24, 2.45) is 0 Å². The number of carbonyl (C=O) groups excluding carboxylic acids is 1. The zero-order chi connectivity index (χ0) is 11.0. The lowest BCUT2D eigenvalue weighted by Crippen LogP contribution is -2.50. The Morgan fingerprint density at radius 2 is 2.00 bits per heavy atom. The third kappa shape index (κ3) is 4.29. The van der Waals surface area contributed by atoms with Crippen LogP contribution in [0.4, 0.5) is 0 Å². The van der Waals surface area contributed by atoms with E-state index >= 15 is 0 Å². The molecular formula is C10H20ClNO2. The molecule has 0 aromatic carbocycles. The highest BCUT2D eigenvalue weighted by atomic mass is 35.5. The summed E-state index contributed by atoms with van der Waals surface area (Å²) in [6, 6.07) is 0. The van der Waals surface area contributed by atoms with Crippen LogP contribution < -0.4 is 5.32 Å².